The van der Waals surface area contributed by atoms with Gasteiger partial charge in [-0.15, -0.1) is 36.2 Å². The summed E-state index contributed by atoms with van der Waals surface area (Å²) in [5.74, 6) is 0.388. The summed E-state index contributed by atoms with van der Waals surface area (Å²) in [5.41, 5.74) is 1.01. The van der Waals surface area contributed by atoms with Crippen LogP contribution in [0.3, 0.4) is 0 Å². The summed E-state index contributed by atoms with van der Waals surface area (Å²) in [6.45, 7) is 4.04. The molecular weight excluding hydrogens is 327 g/mol. The Bertz CT molecular complexity index is 530. The number of piperazine rings is 1. The van der Waals surface area contributed by atoms with E-state index in [0.29, 0.717) is 5.75 Å². The van der Waals surface area contributed by atoms with Crippen LogP contribution in [0.25, 0.3) is 0 Å². The highest BCUT2D eigenvalue weighted by Gasteiger charge is 2.26. The van der Waals surface area contributed by atoms with E-state index < -0.39 is 0 Å². The van der Waals surface area contributed by atoms with Crippen LogP contribution >= 0.6 is 36.2 Å². The summed E-state index contributed by atoms with van der Waals surface area (Å²) in [4.78, 5) is 3.74. The van der Waals surface area contributed by atoms with Crippen molar-refractivity contribution in [3.8, 4) is 5.75 Å². The van der Waals surface area contributed by atoms with Crippen LogP contribution in [0.15, 0.2) is 41.8 Å². The molecule has 6 heteroatoms. The normalized spacial score (nSPS) is 16.6. The van der Waals surface area contributed by atoms with Gasteiger partial charge in [0.15, 0.2) is 0 Å². The number of hydrogen-bond acceptors (Lipinski definition) is 4. The zero-order valence-electron chi connectivity index (χ0n) is 11.6. The van der Waals surface area contributed by atoms with Gasteiger partial charge in [-0.1, -0.05) is 24.3 Å². The van der Waals surface area contributed by atoms with Gasteiger partial charge < -0.3 is 10.4 Å². The molecule has 0 radical (unpaired) electrons. The first-order chi connectivity index (χ1) is 9.36. The molecule has 2 aromatic rings. The lowest BCUT2D eigenvalue weighted by Crippen LogP contribution is -2.45. The summed E-state index contributed by atoms with van der Waals surface area (Å²) in [7, 11) is 0. The first-order valence-electron chi connectivity index (χ1n) is 6.62. The Labute approximate surface area is 141 Å². The molecule has 0 amide bonds. The molecule has 2 N–H and O–H groups in total. The topological polar surface area (TPSA) is 35.5 Å². The van der Waals surface area contributed by atoms with Gasteiger partial charge in [-0.2, -0.15) is 0 Å². The van der Waals surface area contributed by atoms with Crippen LogP contribution in [-0.4, -0.2) is 36.2 Å². The van der Waals surface area contributed by atoms with E-state index in [0.717, 1.165) is 31.7 Å². The van der Waals surface area contributed by atoms with Crippen LogP contribution in [-0.2, 0) is 0 Å². The van der Waals surface area contributed by atoms with E-state index in [9.17, 15) is 5.11 Å². The van der Waals surface area contributed by atoms with Gasteiger partial charge in [0.2, 0.25) is 0 Å². The lowest BCUT2D eigenvalue weighted by Gasteiger charge is -2.35. The van der Waals surface area contributed by atoms with E-state index in [4.69, 9.17) is 0 Å². The Morgan fingerprint density at radius 1 is 1.05 bits per heavy atom. The smallest absolute Gasteiger partial charge is 0.120 e. The summed E-state index contributed by atoms with van der Waals surface area (Å²) in [6.07, 6.45) is 0. The average molecular weight is 347 g/mol. The van der Waals surface area contributed by atoms with Crippen molar-refractivity contribution in [1.82, 2.24) is 10.2 Å². The minimum Gasteiger partial charge on any atom is -0.508 e. The maximum atomic E-state index is 10.2. The van der Waals surface area contributed by atoms with Crippen molar-refractivity contribution in [1.29, 1.82) is 0 Å². The molecule has 1 aromatic carbocycles. The fraction of sp³-hybridized carbons (Fsp3) is 0.333. The molecule has 0 spiro atoms. The third-order valence-electron chi connectivity index (χ3n) is 3.56. The van der Waals surface area contributed by atoms with Crippen LogP contribution in [0, 0.1) is 0 Å². The highest BCUT2D eigenvalue weighted by atomic mass is 35.5. The van der Waals surface area contributed by atoms with Crippen molar-refractivity contribution >= 4 is 36.2 Å². The third kappa shape index (κ3) is 4.11. The summed E-state index contributed by atoms with van der Waals surface area (Å²) >= 11 is 1.76. The Morgan fingerprint density at radius 2 is 1.76 bits per heavy atom. The van der Waals surface area contributed by atoms with Gasteiger partial charge in [-0.3, -0.25) is 4.90 Å². The largest absolute Gasteiger partial charge is 0.508 e. The van der Waals surface area contributed by atoms with Gasteiger partial charge in [-0.05, 0) is 17.5 Å². The van der Waals surface area contributed by atoms with Crippen molar-refractivity contribution in [2.75, 3.05) is 26.2 Å². The Hall–Kier alpha value is -0.780. The second kappa shape index (κ2) is 8.61. The standard InChI is InChI=1S/C15H18N2OS.2ClH/c18-13-5-2-1-4-12(13)15(14-6-3-11-19-14)17-9-7-16-8-10-17;;/h1-6,11,15-16,18H,7-10H2;2*1H/t15-;;/m0../s1. The number of thiophene rings is 1. The number of nitrogens with one attached hydrogen (secondary N) is 1. The molecule has 3 nitrogen and oxygen atoms in total. The van der Waals surface area contributed by atoms with Gasteiger partial charge in [0.1, 0.15) is 5.75 Å². The SMILES string of the molecule is Cl.Cl.Oc1ccccc1[C@@H](c1cccs1)N1CCNCC1. The number of hydrogen-bond donors (Lipinski definition) is 2. The van der Waals surface area contributed by atoms with Gasteiger partial charge in [0.05, 0.1) is 6.04 Å². The van der Waals surface area contributed by atoms with Gasteiger partial charge in [-0.25, -0.2) is 0 Å². The zero-order valence-corrected chi connectivity index (χ0v) is 14.0. The second-order valence-corrected chi connectivity index (χ2v) is 5.74. The predicted octanol–water partition coefficient (Wildman–Crippen LogP) is 3.29. The molecule has 21 heavy (non-hydrogen) atoms. The molecule has 1 saturated heterocycles. The molecule has 0 unspecified atom stereocenters. The number of phenols is 1. The molecule has 1 aliphatic heterocycles. The van der Waals surface area contributed by atoms with Crippen LogP contribution in [0.1, 0.15) is 16.5 Å². The number of phenolic OH excluding ortho intramolecular Hbond substituents is 1. The number of rotatable bonds is 3. The number of para-hydroxylation sites is 1. The number of benzene rings is 1. The molecule has 1 atom stereocenters. The van der Waals surface area contributed by atoms with Crippen LogP contribution < -0.4 is 5.32 Å². The average Bonchev–Trinajstić information content (AvgIpc) is 2.96. The predicted molar refractivity (Wildman–Crippen MR) is 93.2 cm³/mol. The van der Waals surface area contributed by atoms with Crippen molar-refractivity contribution in [2.24, 2.45) is 0 Å². The van der Waals surface area contributed by atoms with Crippen LogP contribution in [0.5, 0.6) is 5.75 Å². The summed E-state index contributed by atoms with van der Waals surface area (Å²) in [5, 5.41) is 15.7. The lowest BCUT2D eigenvalue weighted by molar-refractivity contribution is 0.198. The van der Waals surface area contributed by atoms with Gasteiger partial charge >= 0.3 is 0 Å². The second-order valence-electron chi connectivity index (χ2n) is 4.76. The minimum absolute atomic E-state index is 0. The quantitative estimate of drug-likeness (QED) is 0.894. The molecule has 0 aliphatic carbocycles. The Balaban J connectivity index is 0.00000110. The van der Waals surface area contributed by atoms with Crippen LogP contribution in [0.2, 0.25) is 0 Å². The number of halogens is 2. The minimum atomic E-state index is 0. The summed E-state index contributed by atoms with van der Waals surface area (Å²) in [6, 6.07) is 12.1. The van der Waals surface area contributed by atoms with Crippen molar-refractivity contribution < 1.29 is 5.11 Å². The number of aromatic hydroxyl groups is 1. The van der Waals surface area contributed by atoms with Crippen molar-refractivity contribution in [3.63, 3.8) is 0 Å². The van der Waals surface area contributed by atoms with E-state index in [1.165, 1.54) is 4.88 Å². The van der Waals surface area contributed by atoms with Crippen molar-refractivity contribution in [2.45, 2.75) is 6.04 Å². The highest BCUT2D eigenvalue weighted by molar-refractivity contribution is 7.10. The van der Waals surface area contributed by atoms with Gasteiger partial charge in [0, 0.05) is 36.6 Å². The third-order valence-corrected chi connectivity index (χ3v) is 4.49. The van der Waals surface area contributed by atoms with E-state index in [2.05, 4.69) is 27.7 Å². The lowest BCUT2D eigenvalue weighted by atomic mass is 10.0. The Kier molecular flexibility index (Phi) is 7.49. The summed E-state index contributed by atoms with van der Waals surface area (Å²) < 4.78 is 0. The molecule has 1 aromatic heterocycles. The molecule has 3 rings (SSSR count). The zero-order chi connectivity index (χ0) is 13.1. The van der Waals surface area contributed by atoms with E-state index in [-0.39, 0.29) is 30.9 Å². The van der Waals surface area contributed by atoms with Gasteiger partial charge in [0.25, 0.3) is 0 Å². The molecule has 116 valence electrons. The molecule has 1 fully saturated rings. The molecule has 2 heterocycles. The molecule has 1 aliphatic rings. The molecular formula is C15H20Cl2N2OS. The molecule has 0 bridgehead atoms. The maximum absolute atomic E-state index is 10.2. The van der Waals surface area contributed by atoms with E-state index >= 15 is 0 Å². The van der Waals surface area contributed by atoms with E-state index in [1.807, 2.05) is 18.2 Å². The van der Waals surface area contributed by atoms with E-state index in [1.54, 1.807) is 17.4 Å². The fourth-order valence-corrected chi connectivity index (χ4v) is 3.51. The Morgan fingerprint density at radius 3 is 2.38 bits per heavy atom. The molecule has 0 saturated carbocycles. The van der Waals surface area contributed by atoms with Crippen LogP contribution in [0.4, 0.5) is 0 Å². The maximum Gasteiger partial charge on any atom is 0.120 e. The first kappa shape index (κ1) is 18.3. The fourth-order valence-electron chi connectivity index (χ4n) is 2.64. The van der Waals surface area contributed by atoms with Crippen molar-refractivity contribution in [3.05, 3.63) is 52.2 Å². The first-order valence-corrected chi connectivity index (χ1v) is 7.50. The number of nitrogens with zero attached hydrogens (tertiary/aromatic N) is 1. The highest BCUT2D eigenvalue weighted by Crippen LogP contribution is 2.36. The monoisotopic (exact) mass is 346 g/mol.